The maximum absolute atomic E-state index is 12.3. The number of carbonyl (C=O) groups excluding carboxylic acids is 2. The molecule has 110 valence electrons. The smallest absolute Gasteiger partial charge is 0.319 e. The molecule has 0 atom stereocenters. The Balaban J connectivity index is 1.90. The predicted molar refractivity (Wildman–Crippen MR) is 77.8 cm³/mol. The Labute approximate surface area is 122 Å². The molecular weight excluding hydrogens is 278 g/mol. The monoisotopic (exact) mass is 297 g/mol. The summed E-state index contributed by atoms with van der Waals surface area (Å²) in [6, 6.07) is 1.74. The number of aryl methyl sites for hydroxylation is 1. The Bertz CT molecular complexity index is 487. The Morgan fingerprint density at radius 2 is 2.00 bits per heavy atom. The summed E-state index contributed by atoms with van der Waals surface area (Å²) in [5, 5.41) is 0. The molecule has 0 unspecified atom stereocenters. The van der Waals surface area contributed by atoms with Crippen molar-refractivity contribution in [2.75, 3.05) is 45.6 Å². The van der Waals surface area contributed by atoms with Crippen molar-refractivity contribution in [1.82, 2.24) is 9.80 Å². The second kappa shape index (κ2) is 6.23. The minimum Gasteiger partial charge on any atom is -0.468 e. The molecule has 1 aliphatic rings. The van der Waals surface area contributed by atoms with Crippen molar-refractivity contribution in [3.05, 3.63) is 15.8 Å². The third-order valence-corrected chi connectivity index (χ3v) is 4.46. The minimum atomic E-state index is -0.244. The van der Waals surface area contributed by atoms with Crippen LogP contribution in [0.15, 0.2) is 6.07 Å². The first-order valence-corrected chi connectivity index (χ1v) is 7.27. The fourth-order valence-electron chi connectivity index (χ4n) is 2.11. The highest BCUT2D eigenvalue weighted by Gasteiger charge is 2.24. The Hall–Kier alpha value is -1.60. The number of nitrogen functional groups attached to an aromatic ring is 1. The quantitative estimate of drug-likeness (QED) is 0.826. The summed E-state index contributed by atoms with van der Waals surface area (Å²) < 4.78 is 4.64. The molecule has 0 bridgehead atoms. The van der Waals surface area contributed by atoms with Crippen LogP contribution in [0.25, 0.3) is 0 Å². The van der Waals surface area contributed by atoms with E-state index in [1.807, 2.05) is 11.8 Å². The molecule has 0 radical (unpaired) electrons. The molecular formula is C13H19N3O3S. The summed E-state index contributed by atoms with van der Waals surface area (Å²) >= 11 is 1.43. The first-order valence-electron chi connectivity index (χ1n) is 6.45. The van der Waals surface area contributed by atoms with Gasteiger partial charge >= 0.3 is 5.97 Å². The number of carbonyl (C=O) groups is 2. The molecule has 0 spiro atoms. The number of anilines is 1. The first-order chi connectivity index (χ1) is 9.51. The number of ether oxygens (including phenoxy) is 1. The maximum atomic E-state index is 12.3. The zero-order valence-corrected chi connectivity index (χ0v) is 12.5. The van der Waals surface area contributed by atoms with Gasteiger partial charge in [-0.3, -0.25) is 14.5 Å². The minimum absolute atomic E-state index is 0.0209. The van der Waals surface area contributed by atoms with Gasteiger partial charge in [0.05, 0.1) is 18.5 Å². The van der Waals surface area contributed by atoms with Crippen LogP contribution in [0, 0.1) is 6.92 Å². The van der Waals surface area contributed by atoms with Crippen molar-refractivity contribution in [2.45, 2.75) is 6.92 Å². The largest absolute Gasteiger partial charge is 0.468 e. The number of methoxy groups -OCH3 is 1. The summed E-state index contributed by atoms with van der Waals surface area (Å²) in [6.07, 6.45) is 0. The molecule has 7 heteroatoms. The third kappa shape index (κ3) is 3.29. The van der Waals surface area contributed by atoms with Crippen LogP contribution in [0.5, 0.6) is 0 Å². The van der Waals surface area contributed by atoms with Crippen LogP contribution in [0.4, 0.5) is 5.69 Å². The van der Waals surface area contributed by atoms with E-state index in [0.717, 1.165) is 4.88 Å². The van der Waals surface area contributed by atoms with E-state index in [1.54, 1.807) is 11.0 Å². The first kappa shape index (κ1) is 14.8. The van der Waals surface area contributed by atoms with E-state index < -0.39 is 0 Å². The van der Waals surface area contributed by atoms with Crippen LogP contribution < -0.4 is 5.73 Å². The van der Waals surface area contributed by atoms with E-state index in [9.17, 15) is 9.59 Å². The van der Waals surface area contributed by atoms with E-state index in [4.69, 9.17) is 5.73 Å². The van der Waals surface area contributed by atoms with Gasteiger partial charge in [-0.15, -0.1) is 11.3 Å². The fraction of sp³-hybridized carbons (Fsp3) is 0.538. The predicted octanol–water partition coefficient (Wildman–Crippen LogP) is 0.570. The van der Waals surface area contributed by atoms with Crippen LogP contribution in [-0.2, 0) is 9.53 Å². The van der Waals surface area contributed by atoms with E-state index in [2.05, 4.69) is 4.74 Å². The summed E-state index contributed by atoms with van der Waals surface area (Å²) in [7, 11) is 1.38. The molecule has 0 aromatic carbocycles. The lowest BCUT2D eigenvalue weighted by molar-refractivity contribution is -0.142. The van der Waals surface area contributed by atoms with Gasteiger partial charge < -0.3 is 15.4 Å². The molecule has 2 N–H and O–H groups in total. The van der Waals surface area contributed by atoms with Gasteiger partial charge in [0.15, 0.2) is 0 Å². The lowest BCUT2D eigenvalue weighted by Gasteiger charge is -2.33. The molecule has 0 aliphatic carbocycles. The van der Waals surface area contributed by atoms with Crippen molar-refractivity contribution in [1.29, 1.82) is 0 Å². The summed E-state index contributed by atoms with van der Waals surface area (Å²) in [6.45, 7) is 4.79. The van der Waals surface area contributed by atoms with Crippen molar-refractivity contribution in [2.24, 2.45) is 0 Å². The summed E-state index contributed by atoms with van der Waals surface area (Å²) in [4.78, 5) is 29.0. The average Bonchev–Trinajstić information content (AvgIpc) is 2.78. The summed E-state index contributed by atoms with van der Waals surface area (Å²) in [5.41, 5.74) is 6.45. The molecule has 1 aliphatic heterocycles. The lowest BCUT2D eigenvalue weighted by atomic mass is 10.3. The van der Waals surface area contributed by atoms with E-state index in [0.29, 0.717) is 36.7 Å². The number of amides is 1. The van der Waals surface area contributed by atoms with Gasteiger partial charge in [-0.2, -0.15) is 0 Å². The Kier molecular flexibility index (Phi) is 4.61. The van der Waals surface area contributed by atoms with Gasteiger partial charge in [-0.1, -0.05) is 0 Å². The number of esters is 1. The fourth-order valence-corrected chi connectivity index (χ4v) is 3.02. The lowest BCUT2D eigenvalue weighted by Crippen LogP contribution is -2.49. The van der Waals surface area contributed by atoms with Crippen LogP contribution >= 0.6 is 11.3 Å². The standard InChI is InChI=1S/C13H19N3O3S/c1-9-10(14)7-11(20-9)13(18)16-5-3-15(4-6-16)8-12(17)19-2/h7H,3-6,8,14H2,1-2H3. The van der Waals surface area contributed by atoms with Gasteiger partial charge in [-0.25, -0.2) is 0 Å². The van der Waals surface area contributed by atoms with Gasteiger partial charge in [0.25, 0.3) is 5.91 Å². The number of nitrogens with zero attached hydrogens (tertiary/aromatic N) is 2. The van der Waals surface area contributed by atoms with E-state index >= 15 is 0 Å². The number of hydrogen-bond donors (Lipinski definition) is 1. The third-order valence-electron chi connectivity index (χ3n) is 3.41. The molecule has 0 saturated carbocycles. The van der Waals surface area contributed by atoms with Crippen molar-refractivity contribution in [3.8, 4) is 0 Å². The van der Waals surface area contributed by atoms with E-state index in [-0.39, 0.29) is 18.4 Å². The Morgan fingerprint density at radius 1 is 1.35 bits per heavy atom. The van der Waals surface area contributed by atoms with Crippen molar-refractivity contribution < 1.29 is 14.3 Å². The highest BCUT2D eigenvalue weighted by molar-refractivity contribution is 7.14. The number of nitrogens with two attached hydrogens (primary N) is 1. The second-order valence-electron chi connectivity index (χ2n) is 4.77. The normalized spacial score (nSPS) is 16.2. The molecule has 2 heterocycles. The van der Waals surface area contributed by atoms with Gasteiger partial charge in [0, 0.05) is 36.7 Å². The number of piperazine rings is 1. The molecule has 6 nitrogen and oxygen atoms in total. The highest BCUT2D eigenvalue weighted by Crippen LogP contribution is 2.24. The Morgan fingerprint density at radius 3 is 2.50 bits per heavy atom. The number of thiophene rings is 1. The zero-order chi connectivity index (χ0) is 14.7. The molecule has 20 heavy (non-hydrogen) atoms. The summed E-state index contributed by atoms with van der Waals surface area (Å²) in [5.74, 6) is -0.223. The van der Waals surface area contributed by atoms with Crippen molar-refractivity contribution in [3.63, 3.8) is 0 Å². The second-order valence-corrected chi connectivity index (χ2v) is 6.02. The zero-order valence-electron chi connectivity index (χ0n) is 11.7. The van der Waals surface area contributed by atoms with Crippen LogP contribution in [0.2, 0.25) is 0 Å². The van der Waals surface area contributed by atoms with E-state index in [1.165, 1.54) is 18.4 Å². The van der Waals surface area contributed by atoms with Gasteiger partial charge in [0.2, 0.25) is 0 Å². The molecule has 1 aromatic heterocycles. The topological polar surface area (TPSA) is 75.9 Å². The highest BCUT2D eigenvalue weighted by atomic mass is 32.1. The maximum Gasteiger partial charge on any atom is 0.319 e. The van der Waals surface area contributed by atoms with Crippen molar-refractivity contribution >= 4 is 28.9 Å². The molecule has 1 amide bonds. The SMILES string of the molecule is COC(=O)CN1CCN(C(=O)c2cc(N)c(C)s2)CC1. The molecule has 1 saturated heterocycles. The number of rotatable bonds is 3. The molecule has 1 fully saturated rings. The van der Waals surface area contributed by atoms with Crippen LogP contribution in [0.3, 0.4) is 0 Å². The average molecular weight is 297 g/mol. The van der Waals surface area contributed by atoms with Gasteiger partial charge in [-0.05, 0) is 13.0 Å². The molecule has 1 aromatic rings. The van der Waals surface area contributed by atoms with Gasteiger partial charge in [0.1, 0.15) is 0 Å². The van der Waals surface area contributed by atoms with Crippen LogP contribution in [-0.4, -0.2) is 61.5 Å². The molecule has 2 rings (SSSR count). The van der Waals surface area contributed by atoms with Crippen LogP contribution in [0.1, 0.15) is 14.5 Å². The number of hydrogen-bond acceptors (Lipinski definition) is 6.